The molecule has 4 heteroatoms. The Balaban J connectivity index is 2.10. The van der Waals surface area contributed by atoms with Gasteiger partial charge in [-0.1, -0.05) is 24.3 Å². The first-order valence-corrected chi connectivity index (χ1v) is 6.99. The molecule has 0 aliphatic carbocycles. The minimum absolute atomic E-state index is 0.658. The third kappa shape index (κ3) is 3.86. The van der Waals surface area contributed by atoms with Crippen LogP contribution in [0.5, 0.6) is 0 Å². The molecule has 2 aromatic carbocycles. The maximum Gasteiger partial charge on any atom is 0.240 e. The summed E-state index contributed by atoms with van der Waals surface area (Å²) in [5, 5.41) is 0. The van der Waals surface area contributed by atoms with Gasteiger partial charge in [0.2, 0.25) is 12.2 Å². The van der Waals surface area contributed by atoms with Crippen molar-refractivity contribution < 1.29 is 9.59 Å². The minimum Gasteiger partial charge on any atom is -0.211 e. The van der Waals surface area contributed by atoms with Crippen LogP contribution in [0.3, 0.4) is 0 Å². The van der Waals surface area contributed by atoms with Gasteiger partial charge in [0.05, 0.1) is 11.4 Å². The van der Waals surface area contributed by atoms with E-state index in [0.717, 1.165) is 24.0 Å². The summed E-state index contributed by atoms with van der Waals surface area (Å²) in [4.78, 5) is 27.9. The van der Waals surface area contributed by atoms with Crippen molar-refractivity contribution in [3.63, 3.8) is 0 Å². The number of isocyanates is 2. The summed E-state index contributed by atoms with van der Waals surface area (Å²) >= 11 is 0. The van der Waals surface area contributed by atoms with Gasteiger partial charge >= 0.3 is 0 Å². The highest BCUT2D eigenvalue weighted by molar-refractivity contribution is 5.55. The van der Waals surface area contributed by atoms with Crippen LogP contribution < -0.4 is 0 Å². The lowest BCUT2D eigenvalue weighted by Crippen LogP contribution is -1.93. The molecule has 0 atom stereocenters. The molecule has 0 aromatic heterocycles. The second kappa shape index (κ2) is 7.28. The Hall–Kier alpha value is -2.80. The van der Waals surface area contributed by atoms with Gasteiger partial charge in [-0.05, 0) is 61.1 Å². The molecular formula is C18H16N2O2. The molecule has 0 amide bonds. The molecule has 0 fully saturated rings. The molecule has 0 unspecified atom stereocenters. The lowest BCUT2D eigenvalue weighted by atomic mass is 10.0. The lowest BCUT2D eigenvalue weighted by Gasteiger charge is -2.07. The normalized spacial score (nSPS) is 9.73. The Morgan fingerprint density at radius 2 is 1.18 bits per heavy atom. The van der Waals surface area contributed by atoms with E-state index in [1.165, 1.54) is 11.1 Å². The summed E-state index contributed by atoms with van der Waals surface area (Å²) in [6.07, 6.45) is 4.91. The van der Waals surface area contributed by atoms with Crippen molar-refractivity contribution in [2.24, 2.45) is 9.98 Å². The van der Waals surface area contributed by atoms with Gasteiger partial charge in [0.25, 0.3) is 0 Å². The van der Waals surface area contributed by atoms with E-state index >= 15 is 0 Å². The molecule has 0 saturated carbocycles. The van der Waals surface area contributed by atoms with Crippen molar-refractivity contribution in [2.45, 2.75) is 26.7 Å². The Bertz CT molecular complexity index is 716. The number of rotatable bonds is 5. The van der Waals surface area contributed by atoms with Crippen LogP contribution in [-0.4, -0.2) is 12.2 Å². The summed E-state index contributed by atoms with van der Waals surface area (Å²) < 4.78 is 0. The van der Waals surface area contributed by atoms with E-state index in [1.807, 2.05) is 50.2 Å². The molecular weight excluding hydrogens is 276 g/mol. The Kier molecular flexibility index (Phi) is 5.16. The monoisotopic (exact) mass is 292 g/mol. The number of hydrogen-bond acceptors (Lipinski definition) is 4. The van der Waals surface area contributed by atoms with Crippen LogP contribution in [0.1, 0.15) is 22.3 Å². The molecule has 2 rings (SSSR count). The van der Waals surface area contributed by atoms with Crippen molar-refractivity contribution in [3.8, 4) is 0 Å². The molecule has 0 aliphatic rings. The SMILES string of the molecule is Cc1cc(CCc2ccc(N=C=O)c(C)c2)ccc1N=C=O. The lowest BCUT2D eigenvalue weighted by molar-refractivity contribution is 0.564. The topological polar surface area (TPSA) is 58.9 Å². The van der Waals surface area contributed by atoms with E-state index in [9.17, 15) is 9.59 Å². The minimum atomic E-state index is 0.658. The van der Waals surface area contributed by atoms with E-state index in [4.69, 9.17) is 0 Å². The number of benzene rings is 2. The molecule has 2 aromatic rings. The first-order chi connectivity index (χ1) is 10.6. The van der Waals surface area contributed by atoms with Crippen LogP contribution in [0.15, 0.2) is 46.4 Å². The summed E-state index contributed by atoms with van der Waals surface area (Å²) in [6.45, 7) is 3.85. The van der Waals surface area contributed by atoms with E-state index in [2.05, 4.69) is 9.98 Å². The number of hydrogen-bond donors (Lipinski definition) is 0. The van der Waals surface area contributed by atoms with Crippen LogP contribution in [0.25, 0.3) is 0 Å². The molecule has 110 valence electrons. The van der Waals surface area contributed by atoms with Gasteiger partial charge in [-0.25, -0.2) is 9.59 Å². The predicted octanol–water partition coefficient (Wildman–Crippen LogP) is 4.02. The molecule has 0 heterocycles. The fourth-order valence-electron chi connectivity index (χ4n) is 2.38. The van der Waals surface area contributed by atoms with Gasteiger partial charge in [0.15, 0.2) is 0 Å². The largest absolute Gasteiger partial charge is 0.240 e. The summed E-state index contributed by atoms with van der Waals surface area (Å²) in [5.41, 5.74) is 5.63. The highest BCUT2D eigenvalue weighted by atomic mass is 16.1. The van der Waals surface area contributed by atoms with Crippen LogP contribution in [0.2, 0.25) is 0 Å². The zero-order valence-corrected chi connectivity index (χ0v) is 12.6. The fraction of sp³-hybridized carbons (Fsp3) is 0.222. The second-order valence-corrected chi connectivity index (χ2v) is 5.15. The summed E-state index contributed by atoms with van der Waals surface area (Å²) in [6, 6.07) is 11.7. The second-order valence-electron chi connectivity index (χ2n) is 5.15. The van der Waals surface area contributed by atoms with Gasteiger partial charge in [-0.3, -0.25) is 0 Å². The molecule has 4 nitrogen and oxygen atoms in total. The molecule has 0 radical (unpaired) electrons. The molecule has 0 saturated heterocycles. The van der Waals surface area contributed by atoms with Gasteiger partial charge < -0.3 is 0 Å². The smallest absolute Gasteiger partial charge is 0.211 e. The summed E-state index contributed by atoms with van der Waals surface area (Å²) in [7, 11) is 0. The van der Waals surface area contributed by atoms with Gasteiger partial charge in [0.1, 0.15) is 0 Å². The highest BCUT2D eigenvalue weighted by Crippen LogP contribution is 2.22. The van der Waals surface area contributed by atoms with E-state index in [1.54, 1.807) is 12.2 Å². The van der Waals surface area contributed by atoms with Crippen molar-refractivity contribution in [2.75, 3.05) is 0 Å². The van der Waals surface area contributed by atoms with Crippen molar-refractivity contribution in [3.05, 3.63) is 58.7 Å². The standard InChI is InChI=1S/C18H16N2O2/c1-13-9-15(5-7-17(13)19-11-21)3-4-16-6-8-18(20-12-22)14(2)10-16/h5-10H,3-4H2,1-2H3. The first kappa shape index (κ1) is 15.6. The van der Waals surface area contributed by atoms with Crippen molar-refractivity contribution >= 4 is 23.5 Å². The molecule has 0 N–H and O–H groups in total. The average molecular weight is 292 g/mol. The Morgan fingerprint density at radius 3 is 1.50 bits per heavy atom. The first-order valence-electron chi connectivity index (χ1n) is 6.99. The molecule has 0 aliphatic heterocycles. The van der Waals surface area contributed by atoms with E-state index < -0.39 is 0 Å². The zero-order chi connectivity index (χ0) is 15.9. The Labute approximate surface area is 129 Å². The van der Waals surface area contributed by atoms with Gasteiger partial charge in [-0.2, -0.15) is 9.98 Å². The third-order valence-corrected chi connectivity index (χ3v) is 3.56. The quantitative estimate of drug-likeness (QED) is 0.617. The van der Waals surface area contributed by atoms with Gasteiger partial charge in [0, 0.05) is 0 Å². The Morgan fingerprint density at radius 1 is 0.773 bits per heavy atom. The number of aryl methyl sites for hydroxylation is 4. The molecule has 0 bridgehead atoms. The third-order valence-electron chi connectivity index (χ3n) is 3.56. The molecule has 0 spiro atoms. The van der Waals surface area contributed by atoms with Crippen LogP contribution in [-0.2, 0) is 22.4 Å². The summed E-state index contributed by atoms with van der Waals surface area (Å²) in [5.74, 6) is 0. The zero-order valence-electron chi connectivity index (χ0n) is 12.6. The number of carbonyl (C=O) groups excluding carboxylic acids is 2. The predicted molar refractivity (Wildman–Crippen MR) is 85.3 cm³/mol. The number of aliphatic imine (C=N–C) groups is 2. The maximum absolute atomic E-state index is 10.3. The average Bonchev–Trinajstić information content (AvgIpc) is 2.50. The highest BCUT2D eigenvalue weighted by Gasteiger charge is 2.02. The van der Waals surface area contributed by atoms with E-state index in [0.29, 0.717) is 11.4 Å². The van der Waals surface area contributed by atoms with Crippen LogP contribution in [0, 0.1) is 13.8 Å². The van der Waals surface area contributed by atoms with Crippen molar-refractivity contribution in [1.29, 1.82) is 0 Å². The number of nitrogens with zero attached hydrogens (tertiary/aromatic N) is 2. The maximum atomic E-state index is 10.3. The van der Waals surface area contributed by atoms with Gasteiger partial charge in [-0.15, -0.1) is 0 Å². The molecule has 22 heavy (non-hydrogen) atoms. The van der Waals surface area contributed by atoms with E-state index in [-0.39, 0.29) is 0 Å². The fourth-order valence-corrected chi connectivity index (χ4v) is 2.38. The van der Waals surface area contributed by atoms with Crippen LogP contribution >= 0.6 is 0 Å². The van der Waals surface area contributed by atoms with Crippen LogP contribution in [0.4, 0.5) is 11.4 Å². The van der Waals surface area contributed by atoms with Crippen molar-refractivity contribution in [1.82, 2.24) is 0 Å².